The Morgan fingerprint density at radius 3 is 2.85 bits per heavy atom. The molecule has 4 nitrogen and oxygen atoms in total. The number of rotatable bonds is 3. The SMILES string of the molecule is CCCc1nc(C)c(C(=O)NC)o1. The van der Waals surface area contributed by atoms with Gasteiger partial charge < -0.3 is 9.73 Å². The maximum absolute atomic E-state index is 11.2. The lowest BCUT2D eigenvalue weighted by Crippen LogP contribution is -2.17. The van der Waals surface area contributed by atoms with E-state index in [0.717, 1.165) is 12.8 Å². The second-order valence-electron chi connectivity index (χ2n) is 2.85. The van der Waals surface area contributed by atoms with Crippen molar-refractivity contribution in [3.63, 3.8) is 0 Å². The highest BCUT2D eigenvalue weighted by Gasteiger charge is 2.14. The van der Waals surface area contributed by atoms with E-state index in [-0.39, 0.29) is 5.91 Å². The quantitative estimate of drug-likeness (QED) is 0.766. The highest BCUT2D eigenvalue weighted by molar-refractivity contribution is 5.92. The molecule has 0 radical (unpaired) electrons. The molecule has 0 saturated heterocycles. The molecule has 13 heavy (non-hydrogen) atoms. The average molecular weight is 182 g/mol. The number of aryl methyl sites for hydroxylation is 2. The van der Waals surface area contributed by atoms with Crippen molar-refractivity contribution in [3.05, 3.63) is 17.3 Å². The summed E-state index contributed by atoms with van der Waals surface area (Å²) in [4.78, 5) is 15.3. The second-order valence-corrected chi connectivity index (χ2v) is 2.85. The van der Waals surface area contributed by atoms with E-state index in [2.05, 4.69) is 10.3 Å². The molecular formula is C9H14N2O2. The maximum atomic E-state index is 11.2. The molecule has 1 amide bonds. The minimum atomic E-state index is -0.215. The fourth-order valence-corrected chi connectivity index (χ4v) is 1.10. The predicted octanol–water partition coefficient (Wildman–Crippen LogP) is 1.30. The Morgan fingerprint density at radius 1 is 1.62 bits per heavy atom. The van der Waals surface area contributed by atoms with Crippen LogP contribution in [0.25, 0.3) is 0 Å². The summed E-state index contributed by atoms with van der Waals surface area (Å²) in [6, 6.07) is 0. The van der Waals surface area contributed by atoms with Crippen molar-refractivity contribution in [2.24, 2.45) is 0 Å². The Kier molecular flexibility index (Phi) is 3.06. The number of oxazole rings is 1. The third-order valence-corrected chi connectivity index (χ3v) is 1.74. The first kappa shape index (κ1) is 9.77. The van der Waals surface area contributed by atoms with Crippen molar-refractivity contribution in [1.82, 2.24) is 10.3 Å². The smallest absolute Gasteiger partial charge is 0.288 e. The van der Waals surface area contributed by atoms with Crippen LogP contribution in [0.3, 0.4) is 0 Å². The molecule has 1 N–H and O–H groups in total. The first-order valence-electron chi connectivity index (χ1n) is 4.37. The highest BCUT2D eigenvalue weighted by Crippen LogP contribution is 2.11. The molecule has 0 atom stereocenters. The summed E-state index contributed by atoms with van der Waals surface area (Å²) < 4.78 is 5.28. The van der Waals surface area contributed by atoms with Crippen molar-refractivity contribution in [2.45, 2.75) is 26.7 Å². The van der Waals surface area contributed by atoms with Crippen molar-refractivity contribution in [2.75, 3.05) is 7.05 Å². The Bertz CT molecular complexity index is 305. The summed E-state index contributed by atoms with van der Waals surface area (Å²) in [5.74, 6) is 0.747. The van der Waals surface area contributed by atoms with Gasteiger partial charge in [0.2, 0.25) is 5.76 Å². The molecule has 0 bridgehead atoms. The zero-order chi connectivity index (χ0) is 9.84. The van der Waals surface area contributed by atoms with Crippen LogP contribution in [0.15, 0.2) is 4.42 Å². The van der Waals surface area contributed by atoms with Crippen LogP contribution in [-0.2, 0) is 6.42 Å². The van der Waals surface area contributed by atoms with E-state index < -0.39 is 0 Å². The Labute approximate surface area is 77.3 Å². The van der Waals surface area contributed by atoms with Gasteiger partial charge in [0, 0.05) is 13.5 Å². The molecule has 0 aromatic carbocycles. The number of hydrogen-bond acceptors (Lipinski definition) is 3. The number of aromatic nitrogens is 1. The summed E-state index contributed by atoms with van der Waals surface area (Å²) in [6.07, 6.45) is 1.74. The Morgan fingerprint density at radius 2 is 2.31 bits per heavy atom. The van der Waals surface area contributed by atoms with Gasteiger partial charge in [-0.2, -0.15) is 0 Å². The molecule has 0 unspecified atom stereocenters. The predicted molar refractivity (Wildman–Crippen MR) is 48.6 cm³/mol. The van der Waals surface area contributed by atoms with Gasteiger partial charge in [-0.05, 0) is 13.3 Å². The van der Waals surface area contributed by atoms with Gasteiger partial charge >= 0.3 is 0 Å². The van der Waals surface area contributed by atoms with Gasteiger partial charge in [0.25, 0.3) is 5.91 Å². The summed E-state index contributed by atoms with van der Waals surface area (Å²) in [6.45, 7) is 3.81. The first-order chi connectivity index (χ1) is 6.19. The topological polar surface area (TPSA) is 55.1 Å². The van der Waals surface area contributed by atoms with Gasteiger partial charge in [0.1, 0.15) is 0 Å². The van der Waals surface area contributed by atoms with E-state index in [0.29, 0.717) is 17.3 Å². The van der Waals surface area contributed by atoms with Crippen LogP contribution in [0.2, 0.25) is 0 Å². The van der Waals surface area contributed by atoms with Crippen LogP contribution in [0, 0.1) is 6.92 Å². The van der Waals surface area contributed by atoms with Crippen molar-refractivity contribution in [3.8, 4) is 0 Å². The summed E-state index contributed by atoms with van der Waals surface area (Å²) in [7, 11) is 1.57. The normalized spacial score (nSPS) is 10.1. The van der Waals surface area contributed by atoms with Crippen molar-refractivity contribution >= 4 is 5.91 Å². The zero-order valence-electron chi connectivity index (χ0n) is 8.18. The van der Waals surface area contributed by atoms with E-state index in [1.54, 1.807) is 14.0 Å². The Hall–Kier alpha value is -1.32. The molecule has 1 rings (SSSR count). The number of nitrogens with one attached hydrogen (secondary N) is 1. The molecule has 4 heteroatoms. The molecule has 0 aliphatic heterocycles. The average Bonchev–Trinajstić information content (AvgIpc) is 2.46. The van der Waals surface area contributed by atoms with Crippen LogP contribution in [0.5, 0.6) is 0 Å². The van der Waals surface area contributed by atoms with Crippen LogP contribution in [0.4, 0.5) is 0 Å². The summed E-state index contributed by atoms with van der Waals surface area (Å²) in [5.41, 5.74) is 0.655. The summed E-state index contributed by atoms with van der Waals surface area (Å²) >= 11 is 0. The lowest BCUT2D eigenvalue weighted by molar-refractivity contribution is 0.0933. The molecule has 0 spiro atoms. The number of amides is 1. The van der Waals surface area contributed by atoms with E-state index >= 15 is 0 Å². The lowest BCUT2D eigenvalue weighted by atomic mass is 10.3. The third-order valence-electron chi connectivity index (χ3n) is 1.74. The van der Waals surface area contributed by atoms with E-state index in [9.17, 15) is 4.79 Å². The molecule has 1 aromatic rings. The van der Waals surface area contributed by atoms with E-state index in [4.69, 9.17) is 4.42 Å². The summed E-state index contributed by atoms with van der Waals surface area (Å²) in [5, 5.41) is 2.50. The molecule has 1 aromatic heterocycles. The van der Waals surface area contributed by atoms with Crippen LogP contribution < -0.4 is 5.32 Å². The van der Waals surface area contributed by atoms with Gasteiger partial charge in [0.15, 0.2) is 5.89 Å². The minimum absolute atomic E-state index is 0.215. The monoisotopic (exact) mass is 182 g/mol. The van der Waals surface area contributed by atoms with Gasteiger partial charge in [-0.1, -0.05) is 6.92 Å². The van der Waals surface area contributed by atoms with Gasteiger partial charge in [0.05, 0.1) is 5.69 Å². The number of hydrogen-bond donors (Lipinski definition) is 1. The standard InChI is InChI=1S/C9H14N2O2/c1-4-5-7-11-6(2)8(13-7)9(12)10-3/h4-5H2,1-3H3,(H,10,12). The maximum Gasteiger partial charge on any atom is 0.288 e. The van der Waals surface area contributed by atoms with Gasteiger partial charge in [-0.15, -0.1) is 0 Å². The Balaban J connectivity index is 2.89. The molecule has 0 aliphatic carbocycles. The molecule has 0 fully saturated rings. The van der Waals surface area contributed by atoms with Gasteiger partial charge in [-0.3, -0.25) is 4.79 Å². The fraction of sp³-hybridized carbons (Fsp3) is 0.556. The lowest BCUT2D eigenvalue weighted by Gasteiger charge is -1.93. The molecule has 72 valence electrons. The van der Waals surface area contributed by atoms with Crippen LogP contribution >= 0.6 is 0 Å². The van der Waals surface area contributed by atoms with Gasteiger partial charge in [-0.25, -0.2) is 4.98 Å². The van der Waals surface area contributed by atoms with E-state index in [1.165, 1.54) is 0 Å². The number of carbonyl (C=O) groups excluding carboxylic acids is 1. The number of nitrogens with zero attached hydrogens (tertiary/aromatic N) is 1. The largest absolute Gasteiger partial charge is 0.435 e. The van der Waals surface area contributed by atoms with Crippen molar-refractivity contribution in [1.29, 1.82) is 0 Å². The zero-order valence-corrected chi connectivity index (χ0v) is 8.18. The molecule has 0 saturated carbocycles. The second kappa shape index (κ2) is 4.07. The number of carbonyl (C=O) groups is 1. The van der Waals surface area contributed by atoms with E-state index in [1.807, 2.05) is 6.92 Å². The highest BCUT2D eigenvalue weighted by atomic mass is 16.4. The molecule has 1 heterocycles. The molecular weight excluding hydrogens is 168 g/mol. The van der Waals surface area contributed by atoms with Crippen molar-refractivity contribution < 1.29 is 9.21 Å². The third kappa shape index (κ3) is 2.08. The van der Waals surface area contributed by atoms with Crippen LogP contribution in [-0.4, -0.2) is 17.9 Å². The fourth-order valence-electron chi connectivity index (χ4n) is 1.10. The first-order valence-corrected chi connectivity index (χ1v) is 4.37. The minimum Gasteiger partial charge on any atom is -0.435 e. The molecule has 0 aliphatic rings. The van der Waals surface area contributed by atoms with Crippen LogP contribution in [0.1, 0.15) is 35.5 Å².